The van der Waals surface area contributed by atoms with Crippen molar-refractivity contribution < 1.29 is 14.7 Å². The summed E-state index contributed by atoms with van der Waals surface area (Å²) in [6, 6.07) is 6.06. The van der Waals surface area contributed by atoms with Gasteiger partial charge in [0.25, 0.3) is 0 Å². The van der Waals surface area contributed by atoms with Crippen molar-refractivity contribution in [2.75, 3.05) is 6.54 Å². The van der Waals surface area contributed by atoms with Gasteiger partial charge < -0.3 is 16.2 Å². The standard InChI is InChI=1S/C12H16N2O3/c1-8(13)11(15)14-7-6-9-2-4-10(5-3-9)12(16)17/h2-5,8H,6-7,13H2,1H3,(H,14,15)(H,16,17). The number of benzene rings is 1. The molecule has 0 saturated heterocycles. The molecule has 1 aromatic rings. The van der Waals surface area contributed by atoms with Gasteiger partial charge in [0, 0.05) is 6.54 Å². The third-order valence-electron chi connectivity index (χ3n) is 2.33. The van der Waals surface area contributed by atoms with E-state index in [0.717, 1.165) is 5.56 Å². The fourth-order valence-electron chi connectivity index (χ4n) is 1.31. The number of hydrogen-bond donors (Lipinski definition) is 3. The molecule has 0 aliphatic heterocycles. The second-order valence-corrected chi connectivity index (χ2v) is 3.83. The third-order valence-corrected chi connectivity index (χ3v) is 2.33. The van der Waals surface area contributed by atoms with Crippen molar-refractivity contribution in [3.8, 4) is 0 Å². The van der Waals surface area contributed by atoms with Crippen LogP contribution in [0.4, 0.5) is 0 Å². The molecule has 4 N–H and O–H groups in total. The van der Waals surface area contributed by atoms with E-state index in [1.54, 1.807) is 31.2 Å². The van der Waals surface area contributed by atoms with Crippen molar-refractivity contribution in [3.05, 3.63) is 35.4 Å². The lowest BCUT2D eigenvalue weighted by molar-refractivity contribution is -0.121. The molecule has 0 aliphatic carbocycles. The van der Waals surface area contributed by atoms with E-state index >= 15 is 0 Å². The summed E-state index contributed by atoms with van der Waals surface area (Å²) in [7, 11) is 0. The molecule has 1 unspecified atom stereocenters. The summed E-state index contributed by atoms with van der Waals surface area (Å²) >= 11 is 0. The van der Waals surface area contributed by atoms with E-state index in [1.807, 2.05) is 0 Å². The lowest BCUT2D eigenvalue weighted by Gasteiger charge is -2.07. The normalized spacial score (nSPS) is 11.9. The van der Waals surface area contributed by atoms with Crippen molar-refractivity contribution in [3.63, 3.8) is 0 Å². The maximum absolute atomic E-state index is 11.2. The van der Waals surface area contributed by atoms with E-state index in [9.17, 15) is 9.59 Å². The predicted molar refractivity (Wildman–Crippen MR) is 63.8 cm³/mol. The monoisotopic (exact) mass is 236 g/mol. The highest BCUT2D eigenvalue weighted by atomic mass is 16.4. The zero-order valence-electron chi connectivity index (χ0n) is 9.64. The van der Waals surface area contributed by atoms with Gasteiger partial charge in [0.05, 0.1) is 11.6 Å². The summed E-state index contributed by atoms with van der Waals surface area (Å²) in [5, 5.41) is 11.4. The number of hydrogen-bond acceptors (Lipinski definition) is 3. The van der Waals surface area contributed by atoms with Crippen LogP contribution in [0.15, 0.2) is 24.3 Å². The first-order chi connectivity index (χ1) is 8.00. The summed E-state index contributed by atoms with van der Waals surface area (Å²) < 4.78 is 0. The van der Waals surface area contributed by atoms with Crippen LogP contribution in [0.25, 0.3) is 0 Å². The largest absolute Gasteiger partial charge is 0.478 e. The molecule has 1 rings (SSSR count). The number of aromatic carboxylic acids is 1. The van der Waals surface area contributed by atoms with E-state index in [2.05, 4.69) is 5.32 Å². The van der Waals surface area contributed by atoms with Crippen LogP contribution in [0.2, 0.25) is 0 Å². The van der Waals surface area contributed by atoms with Gasteiger partial charge >= 0.3 is 5.97 Å². The van der Waals surface area contributed by atoms with Crippen molar-refractivity contribution in [2.24, 2.45) is 5.73 Å². The van der Waals surface area contributed by atoms with Crippen LogP contribution in [0.3, 0.4) is 0 Å². The SMILES string of the molecule is CC(N)C(=O)NCCc1ccc(C(=O)O)cc1. The lowest BCUT2D eigenvalue weighted by Crippen LogP contribution is -2.39. The summed E-state index contributed by atoms with van der Waals surface area (Å²) in [5.74, 6) is -1.13. The Hall–Kier alpha value is -1.88. The molecule has 0 heterocycles. The summed E-state index contributed by atoms with van der Waals surface area (Å²) in [6.07, 6.45) is 0.651. The van der Waals surface area contributed by atoms with Crippen LogP contribution >= 0.6 is 0 Å². The molecule has 0 spiro atoms. The second kappa shape index (κ2) is 6.00. The van der Waals surface area contributed by atoms with E-state index in [4.69, 9.17) is 10.8 Å². The van der Waals surface area contributed by atoms with Gasteiger partial charge in [-0.3, -0.25) is 4.79 Å². The van der Waals surface area contributed by atoms with Gasteiger partial charge in [-0.15, -0.1) is 0 Å². The first kappa shape index (κ1) is 13.2. The Balaban J connectivity index is 2.42. The minimum absolute atomic E-state index is 0.188. The number of nitrogens with one attached hydrogen (secondary N) is 1. The van der Waals surface area contributed by atoms with Crippen molar-refractivity contribution in [2.45, 2.75) is 19.4 Å². The van der Waals surface area contributed by atoms with E-state index in [0.29, 0.717) is 13.0 Å². The highest BCUT2D eigenvalue weighted by Gasteiger charge is 2.06. The Kier molecular flexibility index (Phi) is 4.66. The molecule has 0 bridgehead atoms. The van der Waals surface area contributed by atoms with Crippen LogP contribution in [0.1, 0.15) is 22.8 Å². The minimum Gasteiger partial charge on any atom is -0.478 e. The number of carboxylic acid groups (broad SMARTS) is 1. The lowest BCUT2D eigenvalue weighted by atomic mass is 10.1. The Morgan fingerprint density at radius 3 is 2.41 bits per heavy atom. The maximum Gasteiger partial charge on any atom is 0.335 e. The average molecular weight is 236 g/mol. The van der Waals surface area contributed by atoms with Crippen LogP contribution in [0, 0.1) is 0 Å². The quantitative estimate of drug-likeness (QED) is 0.689. The third kappa shape index (κ3) is 4.24. The van der Waals surface area contributed by atoms with Gasteiger partial charge in [-0.2, -0.15) is 0 Å². The molecule has 0 aromatic heterocycles. The molecule has 1 atom stereocenters. The van der Waals surface area contributed by atoms with Crippen molar-refractivity contribution in [1.29, 1.82) is 0 Å². The van der Waals surface area contributed by atoms with E-state index in [1.165, 1.54) is 0 Å². The Bertz CT molecular complexity index is 399. The second-order valence-electron chi connectivity index (χ2n) is 3.83. The number of rotatable bonds is 5. The molecule has 0 fully saturated rings. The molecular weight excluding hydrogens is 220 g/mol. The molecule has 0 aliphatic rings. The van der Waals surface area contributed by atoms with Gasteiger partial charge in [0.2, 0.25) is 5.91 Å². The van der Waals surface area contributed by atoms with Crippen molar-refractivity contribution in [1.82, 2.24) is 5.32 Å². The fraction of sp³-hybridized carbons (Fsp3) is 0.333. The van der Waals surface area contributed by atoms with Crippen LogP contribution in [0.5, 0.6) is 0 Å². The molecule has 0 radical (unpaired) electrons. The molecule has 92 valence electrons. The number of carbonyl (C=O) groups excluding carboxylic acids is 1. The average Bonchev–Trinajstić information content (AvgIpc) is 2.29. The molecular formula is C12H16N2O3. The molecule has 0 saturated carbocycles. The number of nitrogens with two attached hydrogens (primary N) is 1. The first-order valence-electron chi connectivity index (χ1n) is 5.36. The van der Waals surface area contributed by atoms with Crippen LogP contribution in [-0.4, -0.2) is 29.6 Å². The summed E-state index contributed by atoms with van der Waals surface area (Å²) in [6.45, 7) is 2.11. The van der Waals surface area contributed by atoms with Gasteiger partial charge in [-0.1, -0.05) is 12.1 Å². The molecule has 1 aromatic carbocycles. The van der Waals surface area contributed by atoms with Gasteiger partial charge in [0.15, 0.2) is 0 Å². The highest BCUT2D eigenvalue weighted by Crippen LogP contribution is 2.04. The Labute approximate surface area is 99.6 Å². The van der Waals surface area contributed by atoms with Crippen molar-refractivity contribution >= 4 is 11.9 Å². The molecule has 17 heavy (non-hydrogen) atoms. The van der Waals surface area contributed by atoms with Gasteiger partial charge in [0.1, 0.15) is 0 Å². The van der Waals surface area contributed by atoms with Crippen LogP contribution < -0.4 is 11.1 Å². The minimum atomic E-state index is -0.943. The zero-order chi connectivity index (χ0) is 12.8. The highest BCUT2D eigenvalue weighted by molar-refractivity contribution is 5.87. The number of amides is 1. The summed E-state index contributed by atoms with van der Waals surface area (Å²) in [5.41, 5.74) is 6.62. The van der Waals surface area contributed by atoms with E-state index in [-0.39, 0.29) is 11.5 Å². The topological polar surface area (TPSA) is 92.4 Å². The van der Waals surface area contributed by atoms with Crippen LogP contribution in [-0.2, 0) is 11.2 Å². The Morgan fingerprint density at radius 1 is 1.35 bits per heavy atom. The molecule has 5 heteroatoms. The van der Waals surface area contributed by atoms with Gasteiger partial charge in [-0.25, -0.2) is 4.79 Å². The van der Waals surface area contributed by atoms with E-state index < -0.39 is 12.0 Å². The molecule has 5 nitrogen and oxygen atoms in total. The zero-order valence-corrected chi connectivity index (χ0v) is 9.64. The number of carboxylic acids is 1. The maximum atomic E-state index is 11.2. The Morgan fingerprint density at radius 2 is 1.94 bits per heavy atom. The predicted octanol–water partition coefficient (Wildman–Crippen LogP) is 0.391. The first-order valence-corrected chi connectivity index (χ1v) is 5.36. The molecule has 1 amide bonds. The summed E-state index contributed by atoms with van der Waals surface area (Å²) in [4.78, 5) is 21.8. The number of carbonyl (C=O) groups is 2. The fourth-order valence-corrected chi connectivity index (χ4v) is 1.31. The smallest absolute Gasteiger partial charge is 0.335 e. The van der Waals surface area contributed by atoms with Gasteiger partial charge in [-0.05, 0) is 31.0 Å².